The summed E-state index contributed by atoms with van der Waals surface area (Å²) in [5.74, 6) is -0.321. The molecule has 8 heteroatoms. The minimum Gasteiger partial charge on any atom is -0.221 e. The van der Waals surface area contributed by atoms with Gasteiger partial charge in [-0.2, -0.15) is 0 Å². The third kappa shape index (κ3) is 4.62. The number of rotatable bonds is 5. The van der Waals surface area contributed by atoms with Crippen LogP contribution in [0.2, 0.25) is 0 Å². The zero-order valence-electron chi connectivity index (χ0n) is 19.8. The molecule has 0 bridgehead atoms. The summed E-state index contributed by atoms with van der Waals surface area (Å²) in [7, 11) is 0. The molecule has 6 rings (SSSR count). The van der Waals surface area contributed by atoms with Gasteiger partial charge in [0.05, 0.1) is 0 Å². The molecule has 0 aliphatic carbocycles. The lowest BCUT2D eigenvalue weighted by Crippen LogP contribution is -2.05. The van der Waals surface area contributed by atoms with Gasteiger partial charge < -0.3 is 0 Å². The zero-order valence-corrected chi connectivity index (χ0v) is 19.8. The van der Waals surface area contributed by atoms with Gasteiger partial charge in [0.25, 0.3) is 0 Å². The molecule has 182 valence electrons. The molecule has 0 aliphatic heterocycles. The summed E-state index contributed by atoms with van der Waals surface area (Å²) >= 11 is 0. The van der Waals surface area contributed by atoms with Crippen LogP contribution in [-0.4, -0.2) is 30.4 Å². The minimum atomic E-state index is -0.346. The van der Waals surface area contributed by atoms with Gasteiger partial charge in [-0.1, -0.05) is 60.7 Å². The Labute approximate surface area is 216 Å². The predicted molar refractivity (Wildman–Crippen MR) is 140 cm³/mol. The fourth-order valence-electron chi connectivity index (χ4n) is 4.04. The van der Waals surface area contributed by atoms with Crippen LogP contribution in [0.3, 0.4) is 0 Å². The predicted octanol–water partition coefficient (Wildman–Crippen LogP) is 6.67. The van der Waals surface area contributed by atoms with Crippen molar-refractivity contribution in [2.45, 2.75) is 0 Å². The highest BCUT2D eigenvalue weighted by atomic mass is 19.1. The Hall–Kier alpha value is -5.24. The van der Waals surface area contributed by atoms with Crippen LogP contribution in [0.1, 0.15) is 0 Å². The molecular weight excluding hydrogens is 482 g/mol. The Balaban J connectivity index is 1.52. The van der Waals surface area contributed by atoms with E-state index >= 15 is 0 Å². The number of hydrogen-bond donors (Lipinski definition) is 0. The van der Waals surface area contributed by atoms with Crippen LogP contribution >= 0.6 is 0 Å². The van der Waals surface area contributed by atoms with E-state index < -0.39 is 0 Å². The largest absolute Gasteiger partial charge is 0.222 e. The van der Waals surface area contributed by atoms with E-state index in [0.29, 0.717) is 33.9 Å². The van der Waals surface area contributed by atoms with Crippen LogP contribution in [0.4, 0.5) is 8.78 Å². The molecule has 0 saturated carbocycles. The van der Waals surface area contributed by atoms with E-state index in [2.05, 4.69) is 20.4 Å². The first-order valence-corrected chi connectivity index (χ1v) is 11.8. The molecule has 0 radical (unpaired) electrons. The monoisotopic (exact) mass is 500 g/mol. The Morgan fingerprint density at radius 1 is 0.342 bits per heavy atom. The first-order valence-electron chi connectivity index (χ1n) is 11.8. The first-order chi connectivity index (χ1) is 18.7. The second kappa shape index (κ2) is 10.0. The van der Waals surface area contributed by atoms with E-state index in [1.807, 2.05) is 60.7 Å². The summed E-state index contributed by atoms with van der Waals surface area (Å²) in [5, 5.41) is 17.5. The van der Waals surface area contributed by atoms with E-state index in [1.165, 1.54) is 24.3 Å². The van der Waals surface area contributed by atoms with E-state index in [-0.39, 0.29) is 23.3 Å². The van der Waals surface area contributed by atoms with Crippen LogP contribution in [0.25, 0.3) is 56.7 Å². The molecule has 0 atom stereocenters. The fourth-order valence-corrected chi connectivity index (χ4v) is 4.04. The van der Waals surface area contributed by atoms with Crippen molar-refractivity contribution in [1.29, 1.82) is 0 Å². The topological polar surface area (TPSA) is 77.3 Å². The Kier molecular flexibility index (Phi) is 6.11. The van der Waals surface area contributed by atoms with Crippen molar-refractivity contribution in [1.82, 2.24) is 30.4 Å². The summed E-state index contributed by atoms with van der Waals surface area (Å²) < 4.78 is 27.1. The molecule has 0 saturated heterocycles. The molecule has 6 aromatic rings. The molecule has 4 aromatic carbocycles. The van der Waals surface area contributed by atoms with Crippen molar-refractivity contribution in [3.8, 4) is 56.7 Å². The fraction of sp³-hybridized carbons (Fsp3) is 0. The molecule has 2 aromatic heterocycles. The highest BCUT2D eigenvalue weighted by molar-refractivity contribution is 5.80. The Bertz CT molecular complexity index is 1580. The molecule has 0 aliphatic rings. The van der Waals surface area contributed by atoms with E-state index in [0.717, 1.165) is 11.1 Å². The standard InChI is InChI=1S/C30H18F2N6/c31-23-15-11-21(12-16-23)27-25(19-7-3-1-4-8-19)33-29(37-35-27)30-34-26(20-9-5-2-6-10-20)28(36-38-30)22-13-17-24(32)18-14-22/h1-18H. The van der Waals surface area contributed by atoms with Gasteiger partial charge >= 0.3 is 0 Å². The molecule has 0 spiro atoms. The highest BCUT2D eigenvalue weighted by Gasteiger charge is 2.19. The summed E-state index contributed by atoms with van der Waals surface area (Å²) in [6.07, 6.45) is 0. The molecule has 6 nitrogen and oxygen atoms in total. The summed E-state index contributed by atoms with van der Waals surface area (Å²) in [6, 6.07) is 31.1. The number of nitrogens with zero attached hydrogens (tertiary/aromatic N) is 6. The van der Waals surface area contributed by atoms with E-state index in [4.69, 9.17) is 9.97 Å². The van der Waals surface area contributed by atoms with Gasteiger partial charge in [-0.15, -0.1) is 20.4 Å². The third-order valence-electron chi connectivity index (χ3n) is 5.90. The summed E-state index contributed by atoms with van der Waals surface area (Å²) in [6.45, 7) is 0. The molecule has 0 fully saturated rings. The van der Waals surface area contributed by atoms with Crippen LogP contribution in [-0.2, 0) is 0 Å². The maximum Gasteiger partial charge on any atom is 0.222 e. The minimum absolute atomic E-state index is 0.185. The number of aromatic nitrogens is 6. The molecular formula is C30H18F2N6. The first kappa shape index (κ1) is 23.2. The molecule has 38 heavy (non-hydrogen) atoms. The van der Waals surface area contributed by atoms with E-state index in [1.54, 1.807) is 24.3 Å². The highest BCUT2D eigenvalue weighted by Crippen LogP contribution is 2.32. The molecule has 0 amide bonds. The lowest BCUT2D eigenvalue weighted by atomic mass is 10.0. The van der Waals surface area contributed by atoms with Gasteiger partial charge in [0.1, 0.15) is 34.4 Å². The molecule has 0 N–H and O–H groups in total. The normalized spacial score (nSPS) is 10.9. The summed E-state index contributed by atoms with van der Waals surface area (Å²) in [5.41, 5.74) is 5.06. The summed E-state index contributed by atoms with van der Waals surface area (Å²) in [4.78, 5) is 9.56. The van der Waals surface area contributed by atoms with Crippen molar-refractivity contribution in [2.75, 3.05) is 0 Å². The smallest absolute Gasteiger partial charge is 0.221 e. The number of halogens is 2. The Morgan fingerprint density at radius 3 is 1.05 bits per heavy atom. The van der Waals surface area contributed by atoms with Crippen LogP contribution in [0.15, 0.2) is 109 Å². The van der Waals surface area contributed by atoms with Gasteiger partial charge in [-0.3, -0.25) is 0 Å². The van der Waals surface area contributed by atoms with Crippen LogP contribution < -0.4 is 0 Å². The average molecular weight is 501 g/mol. The van der Waals surface area contributed by atoms with Crippen molar-refractivity contribution < 1.29 is 8.78 Å². The lowest BCUT2D eigenvalue weighted by molar-refractivity contribution is 0.627. The molecule has 0 unspecified atom stereocenters. The Morgan fingerprint density at radius 2 is 0.684 bits per heavy atom. The van der Waals surface area contributed by atoms with Crippen molar-refractivity contribution in [2.24, 2.45) is 0 Å². The number of benzene rings is 4. The second-order valence-corrected chi connectivity index (χ2v) is 8.41. The number of hydrogen-bond acceptors (Lipinski definition) is 6. The van der Waals surface area contributed by atoms with Gasteiger partial charge in [-0.05, 0) is 48.5 Å². The van der Waals surface area contributed by atoms with Gasteiger partial charge in [0, 0.05) is 22.3 Å². The van der Waals surface area contributed by atoms with E-state index in [9.17, 15) is 8.78 Å². The van der Waals surface area contributed by atoms with Gasteiger partial charge in [0.15, 0.2) is 0 Å². The SMILES string of the molecule is Fc1ccc(-c2nnc(-c3nnc(-c4ccc(F)cc4)c(-c4ccccc4)n3)nc2-c2ccccc2)cc1. The van der Waals surface area contributed by atoms with Crippen LogP contribution in [0, 0.1) is 11.6 Å². The maximum atomic E-state index is 13.6. The van der Waals surface area contributed by atoms with Gasteiger partial charge in [-0.25, -0.2) is 18.7 Å². The second-order valence-electron chi connectivity index (χ2n) is 8.41. The molecule has 2 heterocycles. The van der Waals surface area contributed by atoms with Crippen molar-refractivity contribution >= 4 is 0 Å². The zero-order chi connectivity index (χ0) is 25.9. The van der Waals surface area contributed by atoms with Crippen LogP contribution in [0.5, 0.6) is 0 Å². The third-order valence-corrected chi connectivity index (χ3v) is 5.90. The van der Waals surface area contributed by atoms with Crippen molar-refractivity contribution in [3.63, 3.8) is 0 Å². The quantitative estimate of drug-likeness (QED) is 0.263. The van der Waals surface area contributed by atoms with Gasteiger partial charge in [0.2, 0.25) is 11.6 Å². The lowest BCUT2D eigenvalue weighted by Gasteiger charge is -2.11. The maximum absolute atomic E-state index is 13.6. The average Bonchev–Trinajstić information content (AvgIpc) is 2.98. The van der Waals surface area contributed by atoms with Crippen molar-refractivity contribution in [3.05, 3.63) is 121 Å².